The zero-order valence-electron chi connectivity index (χ0n) is 5.69. The van der Waals surface area contributed by atoms with Crippen molar-refractivity contribution < 1.29 is 0 Å². The summed E-state index contributed by atoms with van der Waals surface area (Å²) in [5, 5.41) is 0.379. The van der Waals surface area contributed by atoms with Gasteiger partial charge in [-0.1, -0.05) is 16.9 Å². The van der Waals surface area contributed by atoms with E-state index in [0.717, 1.165) is 5.69 Å². The Morgan fingerprint density at radius 1 is 1.60 bits per heavy atom. The van der Waals surface area contributed by atoms with E-state index in [0.29, 0.717) is 5.25 Å². The minimum atomic E-state index is 0.379. The lowest BCUT2D eigenvalue weighted by Gasteiger charge is -2.03. The molecule has 0 aliphatic heterocycles. The van der Waals surface area contributed by atoms with Crippen LogP contribution in [0.5, 0.6) is 0 Å². The van der Waals surface area contributed by atoms with Crippen molar-refractivity contribution in [2.45, 2.75) is 12.2 Å². The van der Waals surface area contributed by atoms with Crippen LogP contribution >= 0.6 is 22.5 Å². The zero-order chi connectivity index (χ0) is 7.40. The highest BCUT2D eigenvalue weighted by molar-refractivity contribution is 8.68. The zero-order valence-corrected chi connectivity index (χ0v) is 7.40. The van der Waals surface area contributed by atoms with Gasteiger partial charge in [-0.3, -0.25) is 4.98 Å². The van der Waals surface area contributed by atoms with Gasteiger partial charge < -0.3 is 0 Å². The van der Waals surface area contributed by atoms with E-state index in [-0.39, 0.29) is 0 Å². The van der Waals surface area contributed by atoms with Gasteiger partial charge in [-0.2, -0.15) is 0 Å². The van der Waals surface area contributed by atoms with Crippen LogP contribution in [0, 0.1) is 0 Å². The van der Waals surface area contributed by atoms with Gasteiger partial charge in [-0.05, 0) is 19.1 Å². The molecule has 1 rings (SSSR count). The molecule has 0 radical (unpaired) electrons. The third-order valence-electron chi connectivity index (χ3n) is 1.26. The van der Waals surface area contributed by atoms with Gasteiger partial charge in [0.1, 0.15) is 0 Å². The second-order valence-corrected chi connectivity index (χ2v) is 3.55. The predicted molar refractivity (Wildman–Crippen MR) is 49.2 cm³/mol. The van der Waals surface area contributed by atoms with Crippen molar-refractivity contribution in [2.75, 3.05) is 0 Å². The molecule has 0 aromatic carbocycles. The van der Waals surface area contributed by atoms with E-state index in [1.54, 1.807) is 6.20 Å². The van der Waals surface area contributed by atoms with E-state index in [2.05, 4.69) is 23.6 Å². The molecule has 1 atom stereocenters. The molecule has 0 aliphatic carbocycles. The molecule has 0 amide bonds. The first-order chi connectivity index (χ1) is 4.84. The van der Waals surface area contributed by atoms with Gasteiger partial charge in [-0.15, -0.1) is 11.7 Å². The van der Waals surface area contributed by atoms with E-state index in [1.165, 1.54) is 10.8 Å². The minimum Gasteiger partial charge on any atom is -0.260 e. The SMILES string of the molecule is CC(SS)c1ccccn1. The van der Waals surface area contributed by atoms with Gasteiger partial charge >= 0.3 is 0 Å². The molecule has 0 N–H and O–H groups in total. The molecular formula is C7H9NS2. The standard InChI is InChI=1S/C7H9NS2/c1-6(10-9)7-4-2-3-5-8-7/h2-6,9H,1H3. The molecule has 0 saturated heterocycles. The number of hydrogen-bond acceptors (Lipinski definition) is 3. The van der Waals surface area contributed by atoms with Crippen LogP contribution < -0.4 is 0 Å². The molecule has 0 saturated carbocycles. The number of rotatable bonds is 2. The Balaban J connectivity index is 2.75. The number of aromatic nitrogens is 1. The molecule has 1 aromatic rings. The summed E-state index contributed by atoms with van der Waals surface area (Å²) in [5.74, 6) is 0. The molecule has 1 heterocycles. The first-order valence-corrected chi connectivity index (χ1v) is 4.99. The van der Waals surface area contributed by atoms with E-state index in [9.17, 15) is 0 Å². The van der Waals surface area contributed by atoms with E-state index in [1.807, 2.05) is 18.2 Å². The molecule has 0 aliphatic rings. The molecule has 3 heteroatoms. The summed E-state index contributed by atoms with van der Waals surface area (Å²) in [6, 6.07) is 5.91. The van der Waals surface area contributed by atoms with Gasteiger partial charge in [0.2, 0.25) is 0 Å². The summed E-state index contributed by atoms with van der Waals surface area (Å²) in [4.78, 5) is 4.18. The van der Waals surface area contributed by atoms with Crippen molar-refractivity contribution in [3.63, 3.8) is 0 Å². The highest BCUT2D eigenvalue weighted by atomic mass is 33.1. The number of hydrogen-bond donors (Lipinski definition) is 1. The van der Waals surface area contributed by atoms with Gasteiger partial charge in [0, 0.05) is 6.20 Å². The number of nitrogens with zero attached hydrogens (tertiary/aromatic N) is 1. The summed E-state index contributed by atoms with van der Waals surface area (Å²) >= 11 is 4.10. The molecule has 0 fully saturated rings. The highest BCUT2D eigenvalue weighted by Gasteiger charge is 2.02. The van der Waals surface area contributed by atoms with Crippen molar-refractivity contribution in [2.24, 2.45) is 0 Å². The highest BCUT2D eigenvalue weighted by Crippen LogP contribution is 2.28. The topological polar surface area (TPSA) is 12.9 Å². The maximum Gasteiger partial charge on any atom is 0.0543 e. The van der Waals surface area contributed by atoms with Crippen LogP contribution in [-0.2, 0) is 0 Å². The van der Waals surface area contributed by atoms with Gasteiger partial charge in [0.05, 0.1) is 10.9 Å². The third-order valence-corrected chi connectivity index (χ3v) is 2.77. The van der Waals surface area contributed by atoms with Gasteiger partial charge in [0.25, 0.3) is 0 Å². The lowest BCUT2D eigenvalue weighted by molar-refractivity contribution is 1.01. The molecule has 1 nitrogen and oxygen atoms in total. The summed E-state index contributed by atoms with van der Waals surface area (Å²) in [6.45, 7) is 2.08. The van der Waals surface area contributed by atoms with E-state index in [4.69, 9.17) is 0 Å². The van der Waals surface area contributed by atoms with Crippen LogP contribution in [0.15, 0.2) is 24.4 Å². The summed E-state index contributed by atoms with van der Waals surface area (Å²) in [7, 11) is 1.51. The fraction of sp³-hybridized carbons (Fsp3) is 0.286. The second kappa shape index (κ2) is 3.88. The normalized spacial score (nSPS) is 13.0. The molecule has 54 valence electrons. The molecule has 1 unspecified atom stereocenters. The Morgan fingerprint density at radius 3 is 2.90 bits per heavy atom. The van der Waals surface area contributed by atoms with Crippen molar-refractivity contribution in [3.05, 3.63) is 30.1 Å². The summed E-state index contributed by atoms with van der Waals surface area (Å²) in [5.41, 5.74) is 1.09. The first-order valence-electron chi connectivity index (χ1n) is 3.05. The number of pyridine rings is 1. The van der Waals surface area contributed by atoms with Crippen molar-refractivity contribution in [1.29, 1.82) is 0 Å². The van der Waals surface area contributed by atoms with E-state index < -0.39 is 0 Å². The fourth-order valence-electron chi connectivity index (χ4n) is 0.670. The third kappa shape index (κ3) is 1.92. The quantitative estimate of drug-likeness (QED) is 0.543. The molecule has 10 heavy (non-hydrogen) atoms. The monoisotopic (exact) mass is 171 g/mol. The largest absolute Gasteiger partial charge is 0.260 e. The first kappa shape index (κ1) is 7.95. The Bertz CT molecular complexity index is 188. The molecule has 1 aromatic heterocycles. The fourth-order valence-corrected chi connectivity index (χ4v) is 1.24. The number of thiol groups is 1. The van der Waals surface area contributed by atoms with Gasteiger partial charge in [-0.25, -0.2) is 0 Å². The minimum absolute atomic E-state index is 0.379. The smallest absolute Gasteiger partial charge is 0.0543 e. The van der Waals surface area contributed by atoms with Crippen molar-refractivity contribution in [1.82, 2.24) is 4.98 Å². The van der Waals surface area contributed by atoms with Crippen LogP contribution in [0.3, 0.4) is 0 Å². The Kier molecular flexibility index (Phi) is 3.09. The Hall–Kier alpha value is -0.150. The molecular weight excluding hydrogens is 162 g/mol. The summed E-state index contributed by atoms with van der Waals surface area (Å²) < 4.78 is 0. The molecule has 0 bridgehead atoms. The van der Waals surface area contributed by atoms with Crippen LogP contribution in [0.2, 0.25) is 0 Å². The average molecular weight is 171 g/mol. The molecule has 0 spiro atoms. The lowest BCUT2D eigenvalue weighted by atomic mass is 10.3. The van der Waals surface area contributed by atoms with Crippen molar-refractivity contribution >= 4 is 22.5 Å². The van der Waals surface area contributed by atoms with E-state index >= 15 is 0 Å². The predicted octanol–water partition coefficient (Wildman–Crippen LogP) is 2.72. The maximum absolute atomic E-state index is 4.18. The van der Waals surface area contributed by atoms with Crippen LogP contribution in [0.4, 0.5) is 0 Å². The van der Waals surface area contributed by atoms with Crippen molar-refractivity contribution in [3.8, 4) is 0 Å². The lowest BCUT2D eigenvalue weighted by Crippen LogP contribution is -1.88. The average Bonchev–Trinajstić information content (AvgIpc) is 2.05. The Morgan fingerprint density at radius 2 is 2.40 bits per heavy atom. The van der Waals surface area contributed by atoms with Crippen LogP contribution in [0.1, 0.15) is 17.9 Å². The van der Waals surface area contributed by atoms with Crippen LogP contribution in [0.25, 0.3) is 0 Å². The summed E-state index contributed by atoms with van der Waals surface area (Å²) in [6.07, 6.45) is 1.80. The van der Waals surface area contributed by atoms with Gasteiger partial charge in [0.15, 0.2) is 0 Å². The second-order valence-electron chi connectivity index (χ2n) is 2.00. The Labute approximate surface area is 70.1 Å². The van der Waals surface area contributed by atoms with Crippen LogP contribution in [-0.4, -0.2) is 4.98 Å². The maximum atomic E-state index is 4.18.